The van der Waals surface area contributed by atoms with Crippen LogP contribution in [0, 0.1) is 28.4 Å². The fraction of sp³-hybridized carbons (Fsp3) is 0.0588. The number of aryl methyl sites for hydroxylation is 1. The van der Waals surface area contributed by atoms with E-state index < -0.39 is 25.5 Å². The van der Waals surface area contributed by atoms with E-state index in [4.69, 9.17) is 11.0 Å². The van der Waals surface area contributed by atoms with Crippen molar-refractivity contribution in [2.75, 3.05) is 10.5 Å². The number of benzene rings is 2. The van der Waals surface area contributed by atoms with Gasteiger partial charge in [-0.15, -0.1) is 0 Å². The van der Waals surface area contributed by atoms with Crippen LogP contribution in [0.1, 0.15) is 11.1 Å². The van der Waals surface area contributed by atoms with E-state index in [1.165, 1.54) is 36.0 Å². The van der Waals surface area contributed by atoms with Gasteiger partial charge in [0.25, 0.3) is 15.7 Å². The summed E-state index contributed by atoms with van der Waals surface area (Å²) in [5, 5.41) is 24.3. The minimum Gasteiger partial charge on any atom is -0.382 e. The first-order valence-electron chi connectivity index (χ1n) is 7.86. The quantitative estimate of drug-likeness (QED) is 0.493. The number of aromatic nitrogens is 2. The molecule has 0 aliphatic carbocycles. The van der Waals surface area contributed by atoms with Gasteiger partial charge in [-0.3, -0.25) is 14.8 Å². The van der Waals surface area contributed by atoms with Crippen LogP contribution in [0.4, 0.5) is 17.2 Å². The van der Waals surface area contributed by atoms with Gasteiger partial charge in [-0.2, -0.15) is 10.4 Å². The predicted molar refractivity (Wildman–Crippen MR) is 101 cm³/mol. The maximum absolute atomic E-state index is 12.9. The molecule has 142 valence electrons. The summed E-state index contributed by atoms with van der Waals surface area (Å²) in [6.07, 6.45) is 1.26. The number of rotatable bonds is 5. The summed E-state index contributed by atoms with van der Waals surface area (Å²) in [5.74, 6) is 0.0380. The monoisotopic (exact) mass is 398 g/mol. The largest absolute Gasteiger partial charge is 0.382 e. The molecule has 0 unspecified atom stereocenters. The van der Waals surface area contributed by atoms with E-state index in [-0.39, 0.29) is 28.3 Å². The predicted octanol–water partition coefficient (Wildman–Crippen LogP) is 2.34. The highest BCUT2D eigenvalue weighted by Crippen LogP contribution is 2.31. The number of anilines is 2. The molecule has 1 aromatic heterocycles. The summed E-state index contributed by atoms with van der Waals surface area (Å²) < 4.78 is 29.5. The van der Waals surface area contributed by atoms with Crippen molar-refractivity contribution in [3.8, 4) is 11.8 Å². The van der Waals surface area contributed by atoms with Gasteiger partial charge >= 0.3 is 0 Å². The first-order chi connectivity index (χ1) is 13.3. The zero-order chi connectivity index (χ0) is 20.5. The molecule has 10 nitrogen and oxygen atoms in total. The van der Waals surface area contributed by atoms with E-state index in [0.29, 0.717) is 0 Å². The Kier molecular flexibility index (Phi) is 4.72. The van der Waals surface area contributed by atoms with Crippen molar-refractivity contribution in [1.82, 2.24) is 9.78 Å². The number of para-hydroxylation sites is 2. The number of nitrogens with two attached hydrogens (primary N) is 1. The Morgan fingerprint density at radius 1 is 1.25 bits per heavy atom. The van der Waals surface area contributed by atoms with Gasteiger partial charge in [-0.1, -0.05) is 24.3 Å². The molecule has 2 aromatic carbocycles. The van der Waals surface area contributed by atoms with Gasteiger partial charge in [-0.05, 0) is 24.6 Å². The van der Waals surface area contributed by atoms with E-state index in [2.05, 4.69) is 9.82 Å². The van der Waals surface area contributed by atoms with Crippen molar-refractivity contribution in [3.05, 3.63) is 69.9 Å². The second-order valence-electron chi connectivity index (χ2n) is 5.77. The fourth-order valence-corrected chi connectivity index (χ4v) is 4.18. The molecule has 3 rings (SSSR count). The van der Waals surface area contributed by atoms with Crippen LogP contribution in [0.15, 0.2) is 53.6 Å². The molecular formula is C17H14N6O4S. The lowest BCUT2D eigenvalue weighted by Crippen LogP contribution is -2.18. The zero-order valence-electron chi connectivity index (χ0n) is 14.5. The molecule has 0 amide bonds. The number of nitro groups is 1. The molecule has 28 heavy (non-hydrogen) atoms. The number of nitrogen functional groups attached to an aromatic ring is 1. The molecule has 0 spiro atoms. The molecule has 0 bridgehead atoms. The van der Waals surface area contributed by atoms with E-state index in [1.807, 2.05) is 6.07 Å². The standard InChI is InChI=1S/C17H14N6O4S/c1-11-5-4-8-15(23(24)25)16(11)28(26,27)21-13-6-2-3-7-14(13)22-17(19)12(9-18)10-20-22/h2-8,10,21H,19H2,1H3. The van der Waals surface area contributed by atoms with Gasteiger partial charge in [-0.25, -0.2) is 13.1 Å². The van der Waals surface area contributed by atoms with Crippen LogP contribution in [0.5, 0.6) is 0 Å². The van der Waals surface area contributed by atoms with Crippen LogP contribution in [-0.2, 0) is 10.0 Å². The van der Waals surface area contributed by atoms with Gasteiger partial charge in [0.2, 0.25) is 0 Å². The van der Waals surface area contributed by atoms with Crippen molar-refractivity contribution in [1.29, 1.82) is 5.26 Å². The maximum atomic E-state index is 12.9. The van der Waals surface area contributed by atoms with Crippen molar-refractivity contribution in [2.45, 2.75) is 11.8 Å². The molecule has 0 saturated carbocycles. The summed E-state index contributed by atoms with van der Waals surface area (Å²) in [6, 6.07) is 12.1. The topological polar surface area (TPSA) is 157 Å². The van der Waals surface area contributed by atoms with Crippen LogP contribution >= 0.6 is 0 Å². The lowest BCUT2D eigenvalue weighted by atomic mass is 10.2. The van der Waals surface area contributed by atoms with Gasteiger partial charge in [0.1, 0.15) is 17.5 Å². The van der Waals surface area contributed by atoms with Crippen LogP contribution in [0.2, 0.25) is 0 Å². The third-order valence-corrected chi connectivity index (χ3v) is 5.52. The highest BCUT2D eigenvalue weighted by Gasteiger charge is 2.28. The average molecular weight is 398 g/mol. The van der Waals surface area contributed by atoms with Gasteiger partial charge in [0.05, 0.1) is 22.5 Å². The maximum Gasteiger partial charge on any atom is 0.290 e. The zero-order valence-corrected chi connectivity index (χ0v) is 15.3. The Hall–Kier alpha value is -3.91. The van der Waals surface area contributed by atoms with Crippen molar-refractivity contribution in [3.63, 3.8) is 0 Å². The highest BCUT2D eigenvalue weighted by atomic mass is 32.2. The van der Waals surface area contributed by atoms with E-state index in [0.717, 1.165) is 6.07 Å². The van der Waals surface area contributed by atoms with Gasteiger partial charge in [0.15, 0.2) is 4.90 Å². The Balaban J connectivity index is 2.13. The summed E-state index contributed by atoms with van der Waals surface area (Å²) >= 11 is 0. The summed E-state index contributed by atoms with van der Waals surface area (Å²) in [5.41, 5.74) is 6.08. The van der Waals surface area contributed by atoms with E-state index in [9.17, 15) is 18.5 Å². The number of nitrogens with one attached hydrogen (secondary N) is 1. The second-order valence-corrected chi connectivity index (χ2v) is 7.39. The Labute approximate surface area is 160 Å². The molecule has 1 heterocycles. The average Bonchev–Trinajstić information content (AvgIpc) is 3.01. The molecule has 0 atom stereocenters. The van der Waals surface area contributed by atoms with E-state index in [1.54, 1.807) is 18.2 Å². The fourth-order valence-electron chi connectivity index (χ4n) is 2.71. The van der Waals surface area contributed by atoms with Crippen molar-refractivity contribution < 1.29 is 13.3 Å². The number of nitrogens with zero attached hydrogens (tertiary/aromatic N) is 4. The number of nitro benzene ring substituents is 1. The lowest BCUT2D eigenvalue weighted by molar-refractivity contribution is -0.387. The summed E-state index contributed by atoms with van der Waals surface area (Å²) in [4.78, 5) is 10.1. The lowest BCUT2D eigenvalue weighted by Gasteiger charge is -2.14. The van der Waals surface area contributed by atoms with Crippen LogP contribution in [0.3, 0.4) is 0 Å². The molecule has 0 aliphatic rings. The third kappa shape index (κ3) is 3.24. The highest BCUT2D eigenvalue weighted by molar-refractivity contribution is 7.93. The molecular weight excluding hydrogens is 384 g/mol. The van der Waals surface area contributed by atoms with Gasteiger partial charge < -0.3 is 5.73 Å². The minimum atomic E-state index is -4.30. The minimum absolute atomic E-state index is 0.0380. The Morgan fingerprint density at radius 3 is 2.61 bits per heavy atom. The van der Waals surface area contributed by atoms with Crippen LogP contribution in [0.25, 0.3) is 5.69 Å². The summed E-state index contributed by atoms with van der Waals surface area (Å²) in [7, 11) is -4.30. The molecule has 3 aromatic rings. The molecule has 0 radical (unpaired) electrons. The first kappa shape index (κ1) is 18.9. The molecule has 0 fully saturated rings. The number of sulfonamides is 1. The molecule has 0 saturated heterocycles. The Bertz CT molecular complexity index is 1230. The number of hydrogen-bond donors (Lipinski definition) is 2. The van der Waals surface area contributed by atoms with Crippen LogP contribution in [-0.4, -0.2) is 23.1 Å². The second kappa shape index (κ2) is 7.01. The number of hydrogen-bond acceptors (Lipinski definition) is 7. The van der Waals surface area contributed by atoms with Crippen molar-refractivity contribution in [2.24, 2.45) is 0 Å². The molecule has 11 heteroatoms. The number of nitriles is 1. The summed E-state index contributed by atoms with van der Waals surface area (Å²) in [6.45, 7) is 1.47. The molecule has 3 N–H and O–H groups in total. The van der Waals surface area contributed by atoms with Crippen LogP contribution < -0.4 is 10.5 Å². The SMILES string of the molecule is Cc1cccc([N+](=O)[O-])c1S(=O)(=O)Nc1ccccc1-n1ncc(C#N)c1N. The molecule has 0 aliphatic heterocycles. The normalized spacial score (nSPS) is 11.0. The van der Waals surface area contributed by atoms with Crippen molar-refractivity contribution >= 4 is 27.2 Å². The van der Waals surface area contributed by atoms with E-state index >= 15 is 0 Å². The smallest absolute Gasteiger partial charge is 0.290 e. The van der Waals surface area contributed by atoms with Gasteiger partial charge in [0, 0.05) is 6.07 Å². The third-order valence-electron chi connectivity index (χ3n) is 3.96. The first-order valence-corrected chi connectivity index (χ1v) is 9.34. The Morgan fingerprint density at radius 2 is 1.96 bits per heavy atom.